The van der Waals surface area contributed by atoms with Gasteiger partial charge < -0.3 is 10.5 Å². The van der Waals surface area contributed by atoms with E-state index in [2.05, 4.69) is 32.7 Å². The molecule has 0 fully saturated rings. The van der Waals surface area contributed by atoms with Crippen molar-refractivity contribution in [1.29, 1.82) is 0 Å². The van der Waals surface area contributed by atoms with Crippen LogP contribution in [0.5, 0.6) is 5.75 Å². The second-order valence-corrected chi connectivity index (χ2v) is 5.59. The van der Waals surface area contributed by atoms with Crippen LogP contribution in [-0.2, 0) is 0 Å². The van der Waals surface area contributed by atoms with Crippen molar-refractivity contribution in [2.24, 2.45) is 11.1 Å². The third-order valence-corrected chi connectivity index (χ3v) is 2.70. The summed E-state index contributed by atoms with van der Waals surface area (Å²) < 4.78 is 5.65. The molecule has 0 aromatic carbocycles. The summed E-state index contributed by atoms with van der Waals surface area (Å²) in [6.45, 7) is 9.40. The fourth-order valence-corrected chi connectivity index (χ4v) is 1.38. The molecule has 0 aliphatic heterocycles. The summed E-state index contributed by atoms with van der Waals surface area (Å²) in [5.41, 5.74) is 7.13. The molecule has 0 aliphatic rings. The lowest BCUT2D eigenvalue weighted by Gasteiger charge is -2.18. The summed E-state index contributed by atoms with van der Waals surface area (Å²) in [5.74, 6) is 0.821. The van der Waals surface area contributed by atoms with Gasteiger partial charge in [0.25, 0.3) is 0 Å². The molecule has 0 saturated carbocycles. The lowest BCUT2D eigenvalue weighted by Crippen LogP contribution is -2.12. The summed E-state index contributed by atoms with van der Waals surface area (Å²) in [7, 11) is 0. The van der Waals surface area contributed by atoms with E-state index in [9.17, 15) is 0 Å². The minimum atomic E-state index is 0.0265. The lowest BCUT2D eigenvalue weighted by molar-refractivity contribution is 0.242. The molecular formula is C14H24N2O. The Hall–Kier alpha value is -1.09. The predicted molar refractivity (Wildman–Crippen MR) is 71.0 cm³/mol. The normalized spacial score (nSPS) is 13.5. The molecule has 0 spiro atoms. The largest absolute Gasteiger partial charge is 0.492 e. The number of pyridine rings is 1. The fourth-order valence-electron chi connectivity index (χ4n) is 1.38. The molecule has 96 valence electrons. The van der Waals surface area contributed by atoms with E-state index in [1.165, 1.54) is 0 Å². The quantitative estimate of drug-likeness (QED) is 0.853. The Morgan fingerprint density at radius 1 is 1.35 bits per heavy atom. The molecule has 1 rings (SSSR count). The lowest BCUT2D eigenvalue weighted by atomic mass is 9.93. The molecule has 0 radical (unpaired) electrons. The highest BCUT2D eigenvalue weighted by molar-refractivity contribution is 5.21. The van der Waals surface area contributed by atoms with Crippen LogP contribution in [0.4, 0.5) is 0 Å². The molecule has 0 unspecified atom stereocenters. The summed E-state index contributed by atoms with van der Waals surface area (Å²) in [6, 6.07) is 3.92. The first-order valence-corrected chi connectivity index (χ1v) is 6.26. The van der Waals surface area contributed by atoms with Gasteiger partial charge in [0, 0.05) is 6.04 Å². The first kappa shape index (κ1) is 14.0. The van der Waals surface area contributed by atoms with Crippen LogP contribution in [0.1, 0.15) is 52.3 Å². The van der Waals surface area contributed by atoms with Crippen LogP contribution in [-0.4, -0.2) is 11.6 Å². The summed E-state index contributed by atoms with van der Waals surface area (Å²) in [5, 5.41) is 0. The van der Waals surface area contributed by atoms with E-state index in [-0.39, 0.29) is 6.04 Å². The number of ether oxygens (including phenoxy) is 1. The molecule has 1 aromatic heterocycles. The van der Waals surface area contributed by atoms with Gasteiger partial charge in [0.2, 0.25) is 0 Å². The maximum atomic E-state index is 5.90. The van der Waals surface area contributed by atoms with E-state index >= 15 is 0 Å². The van der Waals surface area contributed by atoms with Crippen LogP contribution >= 0.6 is 0 Å². The SMILES string of the molecule is CC[C@H](N)c1ccc(OCCC(C)(C)C)cn1. The van der Waals surface area contributed by atoms with Crippen molar-refractivity contribution < 1.29 is 4.74 Å². The monoisotopic (exact) mass is 236 g/mol. The Bertz CT molecular complexity index is 327. The van der Waals surface area contributed by atoms with Gasteiger partial charge >= 0.3 is 0 Å². The molecule has 2 N–H and O–H groups in total. The molecule has 3 nitrogen and oxygen atoms in total. The van der Waals surface area contributed by atoms with Crippen LogP contribution in [0.2, 0.25) is 0 Å². The molecule has 0 bridgehead atoms. The Morgan fingerprint density at radius 2 is 2.06 bits per heavy atom. The van der Waals surface area contributed by atoms with Gasteiger partial charge in [-0.25, -0.2) is 0 Å². The zero-order valence-corrected chi connectivity index (χ0v) is 11.4. The van der Waals surface area contributed by atoms with Gasteiger partial charge in [-0.1, -0.05) is 27.7 Å². The summed E-state index contributed by atoms with van der Waals surface area (Å²) in [6.07, 6.45) is 3.69. The van der Waals surface area contributed by atoms with Gasteiger partial charge in [-0.3, -0.25) is 4.98 Å². The van der Waals surface area contributed by atoms with Gasteiger partial charge in [-0.2, -0.15) is 0 Å². The van der Waals surface area contributed by atoms with E-state index < -0.39 is 0 Å². The summed E-state index contributed by atoms with van der Waals surface area (Å²) in [4.78, 5) is 4.31. The number of nitrogens with two attached hydrogens (primary N) is 1. The minimum absolute atomic E-state index is 0.0265. The maximum absolute atomic E-state index is 5.90. The van der Waals surface area contributed by atoms with Crippen LogP contribution in [0, 0.1) is 5.41 Å². The minimum Gasteiger partial charge on any atom is -0.492 e. The molecule has 1 atom stereocenters. The number of hydrogen-bond acceptors (Lipinski definition) is 3. The number of aromatic nitrogens is 1. The van der Waals surface area contributed by atoms with Crippen molar-refractivity contribution in [3.8, 4) is 5.75 Å². The number of rotatable bonds is 5. The first-order valence-electron chi connectivity index (χ1n) is 6.26. The summed E-state index contributed by atoms with van der Waals surface area (Å²) >= 11 is 0. The van der Waals surface area contributed by atoms with Crippen LogP contribution < -0.4 is 10.5 Å². The topological polar surface area (TPSA) is 48.1 Å². The second-order valence-electron chi connectivity index (χ2n) is 5.59. The Balaban J connectivity index is 2.46. The van der Waals surface area contributed by atoms with Gasteiger partial charge in [-0.05, 0) is 30.4 Å². The van der Waals surface area contributed by atoms with Gasteiger partial charge in [-0.15, -0.1) is 0 Å². The molecule has 1 aromatic rings. The Morgan fingerprint density at radius 3 is 2.53 bits per heavy atom. The van der Waals surface area contributed by atoms with Crippen LogP contribution in [0.15, 0.2) is 18.3 Å². The number of hydrogen-bond donors (Lipinski definition) is 1. The van der Waals surface area contributed by atoms with E-state index in [1.54, 1.807) is 6.20 Å². The molecular weight excluding hydrogens is 212 g/mol. The molecule has 0 amide bonds. The fraction of sp³-hybridized carbons (Fsp3) is 0.643. The first-order chi connectivity index (χ1) is 7.92. The maximum Gasteiger partial charge on any atom is 0.137 e. The number of nitrogens with zero attached hydrogens (tertiary/aromatic N) is 1. The average Bonchev–Trinajstić information content (AvgIpc) is 2.27. The highest BCUT2D eigenvalue weighted by Gasteiger charge is 2.10. The van der Waals surface area contributed by atoms with E-state index in [1.807, 2.05) is 12.1 Å². The van der Waals surface area contributed by atoms with E-state index in [4.69, 9.17) is 10.5 Å². The van der Waals surface area contributed by atoms with Crippen molar-refractivity contribution in [1.82, 2.24) is 4.98 Å². The van der Waals surface area contributed by atoms with E-state index in [0.717, 1.165) is 30.9 Å². The van der Waals surface area contributed by atoms with Crippen molar-refractivity contribution in [2.45, 2.75) is 46.6 Å². The third kappa shape index (κ3) is 5.18. The van der Waals surface area contributed by atoms with Crippen molar-refractivity contribution in [2.75, 3.05) is 6.61 Å². The molecule has 0 aliphatic carbocycles. The highest BCUT2D eigenvalue weighted by atomic mass is 16.5. The van der Waals surface area contributed by atoms with Crippen molar-refractivity contribution >= 4 is 0 Å². The predicted octanol–water partition coefficient (Wildman–Crippen LogP) is 3.31. The van der Waals surface area contributed by atoms with Crippen molar-refractivity contribution in [3.05, 3.63) is 24.0 Å². The Labute approximate surface area is 104 Å². The Kier molecular flexibility index (Phi) is 4.94. The zero-order chi connectivity index (χ0) is 12.9. The molecule has 17 heavy (non-hydrogen) atoms. The third-order valence-electron chi connectivity index (χ3n) is 2.70. The van der Waals surface area contributed by atoms with Crippen LogP contribution in [0.3, 0.4) is 0 Å². The molecule has 0 saturated heterocycles. The highest BCUT2D eigenvalue weighted by Crippen LogP contribution is 2.20. The molecule has 3 heteroatoms. The van der Waals surface area contributed by atoms with Gasteiger partial charge in [0.05, 0.1) is 18.5 Å². The second kappa shape index (κ2) is 6.01. The van der Waals surface area contributed by atoms with Crippen LogP contribution in [0.25, 0.3) is 0 Å². The zero-order valence-electron chi connectivity index (χ0n) is 11.4. The standard InChI is InChI=1S/C14H24N2O/c1-5-12(15)13-7-6-11(10-16-13)17-9-8-14(2,3)4/h6-7,10,12H,5,8-9,15H2,1-4H3/t12-/m0/s1. The average molecular weight is 236 g/mol. The molecule has 1 heterocycles. The smallest absolute Gasteiger partial charge is 0.137 e. The van der Waals surface area contributed by atoms with Gasteiger partial charge in [0.1, 0.15) is 5.75 Å². The van der Waals surface area contributed by atoms with Crippen molar-refractivity contribution in [3.63, 3.8) is 0 Å². The van der Waals surface area contributed by atoms with E-state index in [0.29, 0.717) is 5.41 Å². The van der Waals surface area contributed by atoms with Gasteiger partial charge in [0.15, 0.2) is 0 Å².